The van der Waals surface area contributed by atoms with E-state index in [4.69, 9.17) is 22.6 Å². The smallest absolute Gasteiger partial charge is 0.195 e. The fourth-order valence-electron chi connectivity index (χ4n) is 9.19. The molecule has 0 N–H and O–H groups in total. The molecule has 10 aromatic rings. The average molecular weight is 777 g/mol. The first-order valence-corrected chi connectivity index (χ1v) is 21.3. The maximum absolute atomic E-state index is 7.09. The zero-order valence-corrected chi connectivity index (χ0v) is 34.8. The summed E-state index contributed by atoms with van der Waals surface area (Å²) in [6, 6.07) is 39.5. The minimum atomic E-state index is -0.526. The molecule has 57 heavy (non-hydrogen) atoms. The predicted octanol–water partition coefficient (Wildman–Crippen LogP) is 13.6. The van der Waals surface area contributed by atoms with Gasteiger partial charge in [-0.15, -0.1) is 0 Å². The second kappa shape index (κ2) is 11.8. The van der Waals surface area contributed by atoms with Crippen LogP contribution in [0.3, 0.4) is 0 Å². The first-order valence-electron chi connectivity index (χ1n) is 19.7. The number of para-hydroxylation sites is 4. The molecule has 0 bridgehead atoms. The molecule has 0 saturated heterocycles. The van der Waals surface area contributed by atoms with Crippen molar-refractivity contribution in [2.75, 3.05) is 0 Å². The lowest BCUT2D eigenvalue weighted by molar-refractivity contribution is 0.413. The molecule has 278 valence electrons. The van der Waals surface area contributed by atoms with Gasteiger partial charge in [0.25, 0.3) is 0 Å². The SMILES string of the molecule is [B]CC1(C)c2cc(-c3cccc4c3sc3nc5ccccc5n34)c(C(C)(C)C)cc2Oc2cc(C(C)(C)C)c(-c3cccc4c3sc3nc5ccccc5n34)cc21. The molecule has 0 fully saturated rings. The summed E-state index contributed by atoms with van der Waals surface area (Å²) in [4.78, 5) is 12.1. The van der Waals surface area contributed by atoms with Crippen LogP contribution in [0.15, 0.2) is 109 Å². The number of nitrogens with zero attached hydrogens (tertiary/aromatic N) is 4. The van der Waals surface area contributed by atoms with Crippen LogP contribution in [0.1, 0.15) is 70.7 Å². The molecule has 8 heteroatoms. The molecule has 5 heterocycles. The van der Waals surface area contributed by atoms with E-state index in [2.05, 4.69) is 166 Å². The van der Waals surface area contributed by atoms with E-state index in [-0.39, 0.29) is 10.8 Å². The van der Waals surface area contributed by atoms with Gasteiger partial charge >= 0.3 is 0 Å². The third kappa shape index (κ3) is 4.93. The fraction of sp³-hybridized carbons (Fsp3) is 0.224. The first-order chi connectivity index (χ1) is 27.3. The van der Waals surface area contributed by atoms with Crippen LogP contribution in [0.4, 0.5) is 0 Å². The van der Waals surface area contributed by atoms with E-state index in [0.29, 0.717) is 6.32 Å². The molecule has 0 unspecified atom stereocenters. The third-order valence-electron chi connectivity index (χ3n) is 12.2. The van der Waals surface area contributed by atoms with Crippen molar-refractivity contribution in [1.82, 2.24) is 18.8 Å². The summed E-state index contributed by atoms with van der Waals surface area (Å²) in [6.45, 7) is 16.1. The van der Waals surface area contributed by atoms with Gasteiger partial charge in [0.15, 0.2) is 9.92 Å². The average Bonchev–Trinajstić information content (AvgIpc) is 3.94. The summed E-state index contributed by atoms with van der Waals surface area (Å²) in [5, 5.41) is 0. The van der Waals surface area contributed by atoms with Gasteiger partial charge in [-0.1, -0.05) is 126 Å². The molecule has 1 aliphatic rings. The van der Waals surface area contributed by atoms with Gasteiger partial charge in [-0.3, -0.25) is 8.80 Å². The van der Waals surface area contributed by atoms with Crippen LogP contribution in [0.5, 0.6) is 11.5 Å². The van der Waals surface area contributed by atoms with Gasteiger partial charge in [0.2, 0.25) is 0 Å². The number of ether oxygens (including phenoxy) is 1. The van der Waals surface area contributed by atoms with Crippen molar-refractivity contribution in [3.05, 3.63) is 131 Å². The van der Waals surface area contributed by atoms with E-state index in [1.165, 1.54) is 53.8 Å². The molecule has 4 aromatic heterocycles. The Morgan fingerprint density at radius 2 is 0.982 bits per heavy atom. The molecule has 5 nitrogen and oxygen atoms in total. The summed E-state index contributed by atoms with van der Waals surface area (Å²) in [7, 11) is 6.98. The number of aromatic nitrogens is 4. The highest BCUT2D eigenvalue weighted by Crippen LogP contribution is 2.56. The molecule has 6 aromatic carbocycles. The summed E-state index contributed by atoms with van der Waals surface area (Å²) in [6.07, 6.45) is 0.422. The van der Waals surface area contributed by atoms with Crippen LogP contribution in [0.2, 0.25) is 6.32 Å². The lowest BCUT2D eigenvalue weighted by Gasteiger charge is -2.40. The van der Waals surface area contributed by atoms with Crippen LogP contribution in [-0.4, -0.2) is 26.6 Å². The lowest BCUT2D eigenvalue weighted by atomic mass is 9.64. The van der Waals surface area contributed by atoms with Crippen LogP contribution in [0, 0.1) is 0 Å². The molecule has 2 radical (unpaired) electrons. The third-order valence-corrected chi connectivity index (χ3v) is 14.3. The molecule has 11 rings (SSSR count). The topological polar surface area (TPSA) is 43.8 Å². The number of rotatable bonds is 3. The molecule has 1 aliphatic heterocycles. The maximum atomic E-state index is 7.09. The molecule has 0 aliphatic carbocycles. The Morgan fingerprint density at radius 1 is 0.561 bits per heavy atom. The monoisotopic (exact) mass is 776 g/mol. The highest BCUT2D eigenvalue weighted by atomic mass is 32.1. The summed E-state index contributed by atoms with van der Waals surface area (Å²) < 4.78 is 14.2. The Kier molecular flexibility index (Phi) is 7.21. The molecular weight excluding hydrogens is 736 g/mol. The van der Waals surface area contributed by atoms with Gasteiger partial charge in [0.05, 0.1) is 50.3 Å². The van der Waals surface area contributed by atoms with Gasteiger partial charge in [0, 0.05) is 27.7 Å². The Bertz CT molecular complexity index is 3100. The zero-order valence-electron chi connectivity index (χ0n) is 33.2. The minimum absolute atomic E-state index is 0.162. The Balaban J connectivity index is 1.14. The van der Waals surface area contributed by atoms with E-state index in [9.17, 15) is 0 Å². The highest BCUT2D eigenvalue weighted by Gasteiger charge is 2.40. The number of imidazole rings is 2. The number of fused-ring (bicyclic) bond motifs is 12. The standard InChI is InChI=1S/C49H41BN4OS2/c1-47(2,3)31-24-41-33(22-29(31)27-14-12-20-39-43(27)56-45-51-35-16-8-10-18-37(35)53(39)45)49(7,26-50)34-23-30(32(48(4,5)6)25-42(34)55-41)28-15-13-21-40-44(28)57-46-52-36-17-9-11-19-38(36)54(40)46/h8-25H,26H2,1-7H3. The van der Waals surface area contributed by atoms with E-state index >= 15 is 0 Å². The second-order valence-corrected chi connectivity index (χ2v) is 19.8. The summed E-state index contributed by atoms with van der Waals surface area (Å²) in [5.74, 6) is 1.76. The quantitative estimate of drug-likeness (QED) is 0.168. The van der Waals surface area contributed by atoms with E-state index in [1.807, 2.05) is 0 Å². The van der Waals surface area contributed by atoms with Crippen molar-refractivity contribution in [2.45, 2.75) is 71.0 Å². The minimum Gasteiger partial charge on any atom is -0.457 e. The predicted molar refractivity (Wildman–Crippen MR) is 242 cm³/mol. The maximum Gasteiger partial charge on any atom is 0.195 e. The second-order valence-electron chi connectivity index (χ2n) is 17.9. The molecule has 0 atom stereocenters. The number of thiazole rings is 2. The summed E-state index contributed by atoms with van der Waals surface area (Å²) in [5.41, 5.74) is 15.3. The van der Waals surface area contributed by atoms with Crippen LogP contribution in [-0.2, 0) is 16.2 Å². The van der Waals surface area contributed by atoms with E-state index in [0.717, 1.165) is 54.6 Å². The molecule has 0 amide bonds. The van der Waals surface area contributed by atoms with Crippen molar-refractivity contribution in [3.63, 3.8) is 0 Å². The van der Waals surface area contributed by atoms with Gasteiger partial charge in [-0.05, 0) is 93.7 Å². The Morgan fingerprint density at radius 3 is 1.40 bits per heavy atom. The van der Waals surface area contributed by atoms with Gasteiger partial charge in [-0.25, -0.2) is 9.97 Å². The first kappa shape index (κ1) is 34.8. The number of hydrogen-bond acceptors (Lipinski definition) is 5. The highest BCUT2D eigenvalue weighted by molar-refractivity contribution is 7.24. The number of hydrogen-bond donors (Lipinski definition) is 0. The molecular formula is C49H41BN4OS2. The molecule has 0 spiro atoms. The van der Waals surface area contributed by atoms with Gasteiger partial charge in [0.1, 0.15) is 11.5 Å². The fourth-order valence-corrected chi connectivity index (χ4v) is 11.5. The van der Waals surface area contributed by atoms with Crippen molar-refractivity contribution in [1.29, 1.82) is 0 Å². The zero-order chi connectivity index (χ0) is 39.2. The van der Waals surface area contributed by atoms with Crippen molar-refractivity contribution < 1.29 is 4.74 Å². The van der Waals surface area contributed by atoms with Crippen LogP contribution < -0.4 is 4.74 Å². The normalized spacial score (nSPS) is 14.3. The van der Waals surface area contributed by atoms with Crippen molar-refractivity contribution >= 4 is 82.9 Å². The van der Waals surface area contributed by atoms with Crippen LogP contribution >= 0.6 is 22.7 Å². The van der Waals surface area contributed by atoms with Crippen molar-refractivity contribution in [2.24, 2.45) is 0 Å². The van der Waals surface area contributed by atoms with Gasteiger partial charge < -0.3 is 4.74 Å². The lowest BCUT2D eigenvalue weighted by Crippen LogP contribution is -2.29. The van der Waals surface area contributed by atoms with E-state index < -0.39 is 5.41 Å². The summed E-state index contributed by atoms with van der Waals surface area (Å²) >= 11 is 3.51. The Labute approximate surface area is 341 Å². The Hall–Kier alpha value is -5.44. The number of benzene rings is 6. The van der Waals surface area contributed by atoms with Crippen LogP contribution in [0.25, 0.3) is 74.7 Å². The van der Waals surface area contributed by atoms with E-state index in [1.54, 1.807) is 22.7 Å². The van der Waals surface area contributed by atoms with Crippen molar-refractivity contribution in [3.8, 4) is 33.8 Å². The van der Waals surface area contributed by atoms with Gasteiger partial charge in [-0.2, -0.15) is 0 Å². The molecule has 0 saturated carbocycles. The largest absolute Gasteiger partial charge is 0.457 e.